The number of carbonyl (C=O) groups excluding carboxylic acids is 1. The van der Waals surface area contributed by atoms with Crippen molar-refractivity contribution < 1.29 is 4.79 Å². The van der Waals surface area contributed by atoms with E-state index in [1.54, 1.807) is 12.4 Å². The lowest BCUT2D eigenvalue weighted by Crippen LogP contribution is -2.52. The number of aromatic nitrogens is 2. The van der Waals surface area contributed by atoms with E-state index < -0.39 is 0 Å². The summed E-state index contributed by atoms with van der Waals surface area (Å²) < 4.78 is 0. The Labute approximate surface area is 107 Å². The first kappa shape index (κ1) is 13.0. The van der Waals surface area contributed by atoms with E-state index >= 15 is 0 Å². The molecule has 1 saturated heterocycles. The molecule has 5 nitrogen and oxygen atoms in total. The average molecular weight is 248 g/mol. The fraction of sp³-hybridized carbons (Fsp3) is 0.615. The van der Waals surface area contributed by atoms with Crippen LogP contribution in [0.25, 0.3) is 0 Å². The number of amides is 1. The van der Waals surface area contributed by atoms with Crippen molar-refractivity contribution in [3.63, 3.8) is 0 Å². The summed E-state index contributed by atoms with van der Waals surface area (Å²) in [4.78, 5) is 20.6. The molecule has 0 aliphatic carbocycles. The van der Waals surface area contributed by atoms with Gasteiger partial charge in [-0.3, -0.25) is 14.8 Å². The standard InChI is InChI=1S/C13H20N4O/c1-3-13(5-4-6-17-13)12(18)16-9-11-8-14-10(2)7-15-11/h7-8,17H,3-6,9H2,1-2H3,(H,16,18). The number of nitrogens with one attached hydrogen (secondary N) is 2. The van der Waals surface area contributed by atoms with Gasteiger partial charge in [-0.05, 0) is 32.7 Å². The molecule has 0 aromatic carbocycles. The molecule has 1 aromatic heterocycles. The van der Waals surface area contributed by atoms with Crippen molar-refractivity contribution in [1.29, 1.82) is 0 Å². The molecule has 0 bridgehead atoms. The largest absolute Gasteiger partial charge is 0.349 e. The van der Waals surface area contributed by atoms with E-state index in [1.807, 2.05) is 13.8 Å². The molecule has 5 heteroatoms. The second kappa shape index (κ2) is 5.44. The van der Waals surface area contributed by atoms with Crippen LogP contribution in [-0.2, 0) is 11.3 Å². The SMILES string of the molecule is CCC1(C(=O)NCc2cnc(C)cn2)CCCN1. The normalized spacial score (nSPS) is 23.0. The van der Waals surface area contributed by atoms with Crippen molar-refractivity contribution in [3.05, 3.63) is 23.8 Å². The zero-order valence-electron chi connectivity index (χ0n) is 11.0. The Hall–Kier alpha value is -1.49. The van der Waals surface area contributed by atoms with Crippen molar-refractivity contribution in [2.24, 2.45) is 0 Å². The van der Waals surface area contributed by atoms with Crippen LogP contribution in [0, 0.1) is 6.92 Å². The van der Waals surface area contributed by atoms with Crippen molar-refractivity contribution >= 4 is 5.91 Å². The highest BCUT2D eigenvalue weighted by Gasteiger charge is 2.38. The number of nitrogens with zero attached hydrogens (tertiary/aromatic N) is 2. The van der Waals surface area contributed by atoms with Crippen LogP contribution in [0.1, 0.15) is 37.6 Å². The third-order valence-corrected chi connectivity index (χ3v) is 3.55. The summed E-state index contributed by atoms with van der Waals surface area (Å²) >= 11 is 0. The lowest BCUT2D eigenvalue weighted by Gasteiger charge is -2.26. The molecule has 1 aromatic rings. The van der Waals surface area contributed by atoms with Gasteiger partial charge in [0.25, 0.3) is 0 Å². The second-order valence-electron chi connectivity index (χ2n) is 4.80. The van der Waals surface area contributed by atoms with Crippen LogP contribution in [0.3, 0.4) is 0 Å². The topological polar surface area (TPSA) is 66.9 Å². The summed E-state index contributed by atoms with van der Waals surface area (Å²) in [7, 11) is 0. The summed E-state index contributed by atoms with van der Waals surface area (Å²) in [6.07, 6.45) is 6.21. The van der Waals surface area contributed by atoms with Gasteiger partial charge < -0.3 is 10.6 Å². The van der Waals surface area contributed by atoms with Gasteiger partial charge in [-0.2, -0.15) is 0 Å². The fourth-order valence-corrected chi connectivity index (χ4v) is 2.31. The minimum Gasteiger partial charge on any atom is -0.349 e. The Morgan fingerprint density at radius 2 is 2.33 bits per heavy atom. The lowest BCUT2D eigenvalue weighted by atomic mass is 9.93. The highest BCUT2D eigenvalue weighted by molar-refractivity contribution is 5.86. The molecule has 1 aliphatic heterocycles. The summed E-state index contributed by atoms with van der Waals surface area (Å²) in [5.74, 6) is 0.0740. The molecule has 1 aliphatic rings. The first-order chi connectivity index (χ1) is 8.66. The predicted molar refractivity (Wildman–Crippen MR) is 68.9 cm³/mol. The maximum absolute atomic E-state index is 12.2. The Kier molecular flexibility index (Phi) is 3.91. The third kappa shape index (κ3) is 2.67. The highest BCUT2D eigenvalue weighted by Crippen LogP contribution is 2.23. The van der Waals surface area contributed by atoms with Gasteiger partial charge in [0.15, 0.2) is 0 Å². The molecular weight excluding hydrogens is 228 g/mol. The monoisotopic (exact) mass is 248 g/mol. The van der Waals surface area contributed by atoms with Crippen molar-refractivity contribution in [2.45, 2.75) is 45.2 Å². The quantitative estimate of drug-likeness (QED) is 0.832. The molecule has 18 heavy (non-hydrogen) atoms. The van der Waals surface area contributed by atoms with E-state index in [1.165, 1.54) is 0 Å². The molecule has 0 radical (unpaired) electrons. The van der Waals surface area contributed by atoms with Crippen LogP contribution in [0.4, 0.5) is 0 Å². The molecule has 0 spiro atoms. The van der Waals surface area contributed by atoms with E-state index in [4.69, 9.17) is 0 Å². The number of hydrogen-bond donors (Lipinski definition) is 2. The first-order valence-corrected chi connectivity index (χ1v) is 6.47. The van der Waals surface area contributed by atoms with E-state index in [2.05, 4.69) is 20.6 Å². The predicted octanol–water partition coefficient (Wildman–Crippen LogP) is 0.933. The van der Waals surface area contributed by atoms with E-state index in [9.17, 15) is 4.79 Å². The van der Waals surface area contributed by atoms with Gasteiger partial charge in [0.1, 0.15) is 0 Å². The first-order valence-electron chi connectivity index (χ1n) is 6.47. The second-order valence-corrected chi connectivity index (χ2v) is 4.80. The zero-order valence-corrected chi connectivity index (χ0v) is 11.0. The van der Waals surface area contributed by atoms with E-state index in [0.717, 1.165) is 37.2 Å². The van der Waals surface area contributed by atoms with Gasteiger partial charge in [0.2, 0.25) is 5.91 Å². The molecule has 1 unspecified atom stereocenters. The molecule has 1 amide bonds. The third-order valence-electron chi connectivity index (χ3n) is 3.55. The van der Waals surface area contributed by atoms with Gasteiger partial charge in [-0.15, -0.1) is 0 Å². The molecule has 2 rings (SSSR count). The van der Waals surface area contributed by atoms with Gasteiger partial charge in [-0.25, -0.2) is 0 Å². The van der Waals surface area contributed by atoms with Crippen molar-refractivity contribution in [1.82, 2.24) is 20.6 Å². The van der Waals surface area contributed by atoms with Crippen LogP contribution < -0.4 is 10.6 Å². The summed E-state index contributed by atoms with van der Waals surface area (Å²) in [5.41, 5.74) is 1.30. The van der Waals surface area contributed by atoms with Gasteiger partial charge in [0.05, 0.1) is 29.7 Å². The smallest absolute Gasteiger partial charge is 0.240 e. The maximum atomic E-state index is 12.2. The fourth-order valence-electron chi connectivity index (χ4n) is 2.31. The summed E-state index contributed by atoms with van der Waals surface area (Å²) in [6.45, 7) is 5.30. The Bertz CT molecular complexity index is 410. The van der Waals surface area contributed by atoms with Crippen molar-refractivity contribution in [3.8, 4) is 0 Å². The minimum atomic E-state index is -0.377. The minimum absolute atomic E-state index is 0.0740. The molecule has 1 fully saturated rings. The van der Waals surface area contributed by atoms with Crippen LogP contribution in [0.2, 0.25) is 0 Å². The molecule has 0 saturated carbocycles. The highest BCUT2D eigenvalue weighted by atomic mass is 16.2. The molecule has 2 N–H and O–H groups in total. The van der Waals surface area contributed by atoms with Crippen LogP contribution in [0.15, 0.2) is 12.4 Å². The van der Waals surface area contributed by atoms with Gasteiger partial charge in [0, 0.05) is 6.20 Å². The van der Waals surface area contributed by atoms with Crippen LogP contribution in [0.5, 0.6) is 0 Å². The average Bonchev–Trinajstić information content (AvgIpc) is 2.88. The zero-order chi connectivity index (χ0) is 13.0. The molecule has 1 atom stereocenters. The number of aryl methyl sites for hydroxylation is 1. The number of rotatable bonds is 4. The molecular formula is C13H20N4O. The van der Waals surface area contributed by atoms with Crippen LogP contribution >= 0.6 is 0 Å². The van der Waals surface area contributed by atoms with E-state index in [-0.39, 0.29) is 11.4 Å². The summed E-state index contributed by atoms with van der Waals surface area (Å²) in [5, 5.41) is 6.27. The Morgan fingerprint density at radius 1 is 1.50 bits per heavy atom. The van der Waals surface area contributed by atoms with Crippen LogP contribution in [-0.4, -0.2) is 28.0 Å². The number of carbonyl (C=O) groups is 1. The summed E-state index contributed by atoms with van der Waals surface area (Å²) in [6, 6.07) is 0. The van der Waals surface area contributed by atoms with Crippen molar-refractivity contribution in [2.75, 3.05) is 6.54 Å². The Balaban J connectivity index is 1.93. The van der Waals surface area contributed by atoms with Gasteiger partial charge in [-0.1, -0.05) is 6.92 Å². The Morgan fingerprint density at radius 3 is 2.89 bits per heavy atom. The van der Waals surface area contributed by atoms with Gasteiger partial charge >= 0.3 is 0 Å². The lowest BCUT2D eigenvalue weighted by molar-refractivity contribution is -0.127. The molecule has 2 heterocycles. The maximum Gasteiger partial charge on any atom is 0.240 e. The van der Waals surface area contributed by atoms with E-state index in [0.29, 0.717) is 6.54 Å². The number of hydrogen-bond acceptors (Lipinski definition) is 4. The molecule has 98 valence electrons.